The van der Waals surface area contributed by atoms with Crippen LogP contribution in [-0.2, 0) is 28.6 Å². The molecule has 0 aliphatic rings. The first-order chi connectivity index (χ1) is 29.0. The van der Waals surface area contributed by atoms with E-state index in [1.54, 1.807) is 0 Å². The molecule has 1 unspecified atom stereocenters. The van der Waals surface area contributed by atoms with Crippen molar-refractivity contribution in [2.24, 2.45) is 0 Å². The number of hydrogen-bond donors (Lipinski definition) is 0. The van der Waals surface area contributed by atoms with Crippen LogP contribution in [0.2, 0.25) is 0 Å². The molecule has 0 fully saturated rings. The van der Waals surface area contributed by atoms with Crippen LogP contribution in [-0.4, -0.2) is 37.2 Å². The maximum atomic E-state index is 12.7. The summed E-state index contributed by atoms with van der Waals surface area (Å²) in [7, 11) is 0. The summed E-state index contributed by atoms with van der Waals surface area (Å²) in [4.78, 5) is 37.6. The molecule has 1 atom stereocenters. The second-order valence-corrected chi connectivity index (χ2v) is 15.3. The van der Waals surface area contributed by atoms with Crippen LogP contribution in [0.1, 0.15) is 201 Å². The van der Waals surface area contributed by atoms with Crippen LogP contribution in [0.25, 0.3) is 0 Å². The largest absolute Gasteiger partial charge is 0.462 e. The molecule has 0 aliphatic heterocycles. The van der Waals surface area contributed by atoms with Gasteiger partial charge in [-0.25, -0.2) is 0 Å². The molecule has 0 aliphatic carbocycles. The Labute approximate surface area is 362 Å². The van der Waals surface area contributed by atoms with E-state index in [1.165, 1.54) is 44.9 Å². The van der Waals surface area contributed by atoms with Crippen molar-refractivity contribution in [1.29, 1.82) is 0 Å². The molecule has 0 amide bonds. The summed E-state index contributed by atoms with van der Waals surface area (Å²) in [5.41, 5.74) is 0. The molecule has 0 saturated heterocycles. The first-order valence-corrected chi connectivity index (χ1v) is 23.7. The second-order valence-electron chi connectivity index (χ2n) is 15.3. The zero-order valence-electron chi connectivity index (χ0n) is 38.0. The quantitative estimate of drug-likeness (QED) is 0.0265. The highest BCUT2D eigenvalue weighted by atomic mass is 16.6. The van der Waals surface area contributed by atoms with E-state index in [9.17, 15) is 14.4 Å². The summed E-state index contributed by atoms with van der Waals surface area (Å²) in [6.45, 7) is 6.35. The Kier molecular flexibility index (Phi) is 44.1. The van der Waals surface area contributed by atoms with Crippen molar-refractivity contribution >= 4 is 17.9 Å². The molecule has 0 aromatic rings. The first kappa shape index (κ1) is 55.3. The van der Waals surface area contributed by atoms with Gasteiger partial charge in [-0.05, 0) is 89.9 Å². The Morgan fingerprint density at radius 1 is 0.356 bits per heavy atom. The third-order valence-electron chi connectivity index (χ3n) is 9.55. The number of hydrogen-bond acceptors (Lipinski definition) is 6. The SMILES string of the molecule is CC/C=C\C/C=C\C/C=C\C/C=C\C/C=C\C/C=C\C/C=C\CCCC(=O)OCC(COC(=O)CCCCCCCCCC)OC(=O)CCCCCCC/C=C\CCC. The molecular formula is C53H86O6. The summed E-state index contributed by atoms with van der Waals surface area (Å²) >= 11 is 0. The molecule has 334 valence electrons. The Balaban J connectivity index is 4.38. The Hall–Kier alpha value is -3.67. The highest BCUT2D eigenvalue weighted by Gasteiger charge is 2.19. The van der Waals surface area contributed by atoms with Crippen molar-refractivity contribution in [3.05, 3.63) is 97.2 Å². The number of carbonyl (C=O) groups excluding carboxylic acids is 3. The van der Waals surface area contributed by atoms with Crippen LogP contribution < -0.4 is 0 Å². The van der Waals surface area contributed by atoms with Gasteiger partial charge in [0.1, 0.15) is 13.2 Å². The van der Waals surface area contributed by atoms with Gasteiger partial charge in [-0.2, -0.15) is 0 Å². The molecule has 59 heavy (non-hydrogen) atoms. The zero-order valence-corrected chi connectivity index (χ0v) is 38.0. The van der Waals surface area contributed by atoms with E-state index >= 15 is 0 Å². The normalized spacial score (nSPS) is 12.9. The fraction of sp³-hybridized carbons (Fsp3) is 0.642. The van der Waals surface area contributed by atoms with Gasteiger partial charge in [-0.3, -0.25) is 14.4 Å². The fourth-order valence-corrected chi connectivity index (χ4v) is 6.02. The molecular weight excluding hydrogens is 733 g/mol. The minimum Gasteiger partial charge on any atom is -0.462 e. The third kappa shape index (κ3) is 45.3. The van der Waals surface area contributed by atoms with Gasteiger partial charge in [-0.1, -0.05) is 189 Å². The number of carbonyl (C=O) groups is 3. The van der Waals surface area contributed by atoms with Gasteiger partial charge in [0.25, 0.3) is 0 Å². The van der Waals surface area contributed by atoms with Crippen molar-refractivity contribution in [1.82, 2.24) is 0 Å². The van der Waals surface area contributed by atoms with Crippen LogP contribution in [0.15, 0.2) is 97.2 Å². The van der Waals surface area contributed by atoms with E-state index in [0.717, 1.165) is 109 Å². The van der Waals surface area contributed by atoms with Crippen LogP contribution in [0.5, 0.6) is 0 Å². The average molecular weight is 819 g/mol. The predicted molar refractivity (Wildman–Crippen MR) is 251 cm³/mol. The highest BCUT2D eigenvalue weighted by molar-refractivity contribution is 5.71. The molecule has 0 aromatic carbocycles. The smallest absolute Gasteiger partial charge is 0.306 e. The predicted octanol–water partition coefficient (Wildman–Crippen LogP) is 15.4. The van der Waals surface area contributed by atoms with Gasteiger partial charge in [-0.15, -0.1) is 0 Å². The summed E-state index contributed by atoms with van der Waals surface area (Å²) in [5, 5.41) is 0. The van der Waals surface area contributed by atoms with Gasteiger partial charge in [0.05, 0.1) is 0 Å². The molecule has 0 N–H and O–H groups in total. The Morgan fingerprint density at radius 3 is 1.19 bits per heavy atom. The Bertz CT molecular complexity index is 1220. The van der Waals surface area contributed by atoms with Gasteiger partial charge >= 0.3 is 17.9 Å². The first-order valence-electron chi connectivity index (χ1n) is 23.7. The molecule has 0 bridgehead atoms. The molecule has 0 saturated carbocycles. The van der Waals surface area contributed by atoms with Crippen molar-refractivity contribution in [2.75, 3.05) is 13.2 Å². The minimum absolute atomic E-state index is 0.0994. The van der Waals surface area contributed by atoms with Crippen LogP contribution in [0.4, 0.5) is 0 Å². The number of unbranched alkanes of at least 4 members (excludes halogenated alkanes) is 14. The number of allylic oxidation sites excluding steroid dienone is 16. The lowest BCUT2D eigenvalue weighted by Crippen LogP contribution is -2.30. The van der Waals surface area contributed by atoms with Gasteiger partial charge in [0, 0.05) is 19.3 Å². The van der Waals surface area contributed by atoms with Crippen molar-refractivity contribution in [3.8, 4) is 0 Å². The maximum absolute atomic E-state index is 12.7. The van der Waals surface area contributed by atoms with E-state index in [-0.39, 0.29) is 37.5 Å². The van der Waals surface area contributed by atoms with E-state index in [1.807, 2.05) is 0 Å². The molecule has 6 nitrogen and oxygen atoms in total. The van der Waals surface area contributed by atoms with E-state index < -0.39 is 6.10 Å². The standard InChI is InChI=1S/C53H86O6/c1-4-7-10-13-16-19-21-22-23-24-25-26-27-28-29-30-31-32-33-35-37-40-43-46-52(55)58-49-50(48-57-51(54)45-42-39-36-18-15-12-9-6-3)59-53(56)47-44-41-38-34-20-17-14-11-8-5-2/h7,10-11,14,16,19,22-23,25-26,28-29,31-32,35,37,50H,4-6,8-9,12-13,15,17-18,20-21,24,27,30,33-34,36,38-49H2,1-3H3/b10-7-,14-11-,19-16-,23-22-,26-25-,29-28-,32-31-,37-35-. The number of esters is 3. The molecule has 6 heteroatoms. The lowest BCUT2D eigenvalue weighted by Gasteiger charge is -2.18. The third-order valence-corrected chi connectivity index (χ3v) is 9.55. The Morgan fingerprint density at radius 2 is 0.712 bits per heavy atom. The topological polar surface area (TPSA) is 78.9 Å². The number of rotatable bonds is 41. The molecule has 0 aromatic heterocycles. The lowest BCUT2D eigenvalue weighted by atomic mass is 10.1. The van der Waals surface area contributed by atoms with Gasteiger partial charge < -0.3 is 14.2 Å². The highest BCUT2D eigenvalue weighted by Crippen LogP contribution is 2.12. The molecule has 0 spiro atoms. The van der Waals surface area contributed by atoms with Gasteiger partial charge in [0.2, 0.25) is 0 Å². The van der Waals surface area contributed by atoms with Crippen molar-refractivity contribution < 1.29 is 28.6 Å². The van der Waals surface area contributed by atoms with E-state index in [2.05, 4.69) is 118 Å². The molecule has 0 heterocycles. The fourth-order valence-electron chi connectivity index (χ4n) is 6.02. The summed E-state index contributed by atoms with van der Waals surface area (Å²) in [6, 6.07) is 0. The second kappa shape index (κ2) is 47.0. The monoisotopic (exact) mass is 819 g/mol. The van der Waals surface area contributed by atoms with Crippen molar-refractivity contribution in [2.45, 2.75) is 207 Å². The van der Waals surface area contributed by atoms with Gasteiger partial charge in [0.15, 0.2) is 6.10 Å². The van der Waals surface area contributed by atoms with Crippen molar-refractivity contribution in [3.63, 3.8) is 0 Å². The van der Waals surface area contributed by atoms with Crippen LogP contribution in [0.3, 0.4) is 0 Å². The average Bonchev–Trinajstić information content (AvgIpc) is 3.23. The maximum Gasteiger partial charge on any atom is 0.306 e. The summed E-state index contributed by atoms with van der Waals surface area (Å²) < 4.78 is 16.6. The zero-order chi connectivity index (χ0) is 43.0. The minimum atomic E-state index is -0.801. The molecule has 0 radical (unpaired) electrons. The molecule has 0 rings (SSSR count). The lowest BCUT2D eigenvalue weighted by molar-refractivity contribution is -0.167. The number of ether oxygens (including phenoxy) is 3. The van der Waals surface area contributed by atoms with E-state index in [0.29, 0.717) is 19.3 Å². The summed E-state index contributed by atoms with van der Waals surface area (Å²) in [6.07, 6.45) is 61.2. The van der Waals surface area contributed by atoms with E-state index in [4.69, 9.17) is 14.2 Å². The van der Waals surface area contributed by atoms with Crippen LogP contribution >= 0.6 is 0 Å². The summed E-state index contributed by atoms with van der Waals surface area (Å²) in [5.74, 6) is -0.986. The van der Waals surface area contributed by atoms with Crippen LogP contribution in [0, 0.1) is 0 Å².